The SMILES string of the molecule is C=CN=C(C=C)CC.CC.CC. The smallest absolute Gasteiger partial charge is 0.0394 e. The molecular formula is C11H23N. The van der Waals surface area contributed by atoms with Crippen molar-refractivity contribution >= 4 is 5.71 Å². The minimum absolute atomic E-state index is 0.926. The van der Waals surface area contributed by atoms with E-state index in [-0.39, 0.29) is 0 Å². The fourth-order valence-corrected chi connectivity index (χ4v) is 0.406. The van der Waals surface area contributed by atoms with Gasteiger partial charge in [-0.3, -0.25) is 4.99 Å². The van der Waals surface area contributed by atoms with Gasteiger partial charge in [-0.15, -0.1) is 0 Å². The van der Waals surface area contributed by atoms with Crippen molar-refractivity contribution in [3.63, 3.8) is 0 Å². The molecule has 0 fully saturated rings. The van der Waals surface area contributed by atoms with E-state index in [0.29, 0.717) is 0 Å². The lowest BCUT2D eigenvalue weighted by atomic mass is 10.3. The lowest BCUT2D eigenvalue weighted by Crippen LogP contribution is -1.85. The summed E-state index contributed by atoms with van der Waals surface area (Å²) in [6.07, 6.45) is 4.19. The van der Waals surface area contributed by atoms with Crippen LogP contribution in [0.2, 0.25) is 0 Å². The maximum absolute atomic E-state index is 3.92. The molecular weight excluding hydrogens is 146 g/mol. The predicted molar refractivity (Wildman–Crippen MR) is 60.8 cm³/mol. The monoisotopic (exact) mass is 169 g/mol. The first-order valence-electron chi connectivity index (χ1n) is 4.65. The molecule has 0 heterocycles. The molecule has 0 radical (unpaired) electrons. The normalized spacial score (nSPS) is 8.25. The molecule has 12 heavy (non-hydrogen) atoms. The van der Waals surface area contributed by atoms with E-state index in [1.165, 1.54) is 6.20 Å². The molecule has 0 aromatic rings. The van der Waals surface area contributed by atoms with Gasteiger partial charge in [0.1, 0.15) is 0 Å². The maximum atomic E-state index is 3.92. The van der Waals surface area contributed by atoms with E-state index in [4.69, 9.17) is 0 Å². The highest BCUT2D eigenvalue weighted by atomic mass is 14.7. The van der Waals surface area contributed by atoms with Crippen LogP contribution in [0.15, 0.2) is 30.4 Å². The second-order valence-electron chi connectivity index (χ2n) is 1.36. The first kappa shape index (κ1) is 17.3. The van der Waals surface area contributed by atoms with Gasteiger partial charge in [-0.05, 0) is 12.5 Å². The van der Waals surface area contributed by atoms with Gasteiger partial charge in [0.25, 0.3) is 0 Å². The number of hydrogen-bond acceptors (Lipinski definition) is 1. The molecule has 0 N–H and O–H groups in total. The Morgan fingerprint density at radius 3 is 1.67 bits per heavy atom. The van der Waals surface area contributed by atoms with Crippen LogP contribution in [-0.4, -0.2) is 5.71 Å². The summed E-state index contributed by atoms with van der Waals surface area (Å²) in [5, 5.41) is 0. The Hall–Kier alpha value is -0.850. The lowest BCUT2D eigenvalue weighted by Gasteiger charge is -1.87. The number of aliphatic imine (C=N–C) groups is 1. The largest absolute Gasteiger partial charge is 0.262 e. The molecule has 0 spiro atoms. The Morgan fingerprint density at radius 2 is 1.58 bits per heavy atom. The molecule has 0 rings (SSSR count). The second kappa shape index (κ2) is 22.5. The first-order valence-corrected chi connectivity index (χ1v) is 4.65. The van der Waals surface area contributed by atoms with Gasteiger partial charge in [0.15, 0.2) is 0 Å². The Balaban J connectivity index is -0.000000175. The summed E-state index contributed by atoms with van der Waals surface area (Å²) in [5.74, 6) is 0. The Labute approximate surface area is 77.9 Å². The summed E-state index contributed by atoms with van der Waals surface area (Å²) in [4.78, 5) is 3.92. The van der Waals surface area contributed by atoms with Gasteiger partial charge in [0.05, 0.1) is 0 Å². The summed E-state index contributed by atoms with van der Waals surface area (Å²) >= 11 is 0. The van der Waals surface area contributed by atoms with Crippen molar-refractivity contribution in [2.75, 3.05) is 0 Å². The van der Waals surface area contributed by atoms with Crippen LogP contribution in [0, 0.1) is 0 Å². The van der Waals surface area contributed by atoms with E-state index in [1.54, 1.807) is 6.08 Å². The summed E-state index contributed by atoms with van der Waals surface area (Å²) in [6, 6.07) is 0. The number of nitrogens with zero attached hydrogens (tertiary/aromatic N) is 1. The van der Waals surface area contributed by atoms with E-state index >= 15 is 0 Å². The third-order valence-corrected chi connectivity index (χ3v) is 0.855. The fraction of sp³-hybridized carbons (Fsp3) is 0.545. The predicted octanol–water partition coefficient (Wildman–Crippen LogP) is 4.22. The van der Waals surface area contributed by atoms with E-state index in [0.717, 1.165) is 12.1 Å². The third kappa shape index (κ3) is 16.1. The molecule has 0 aromatic heterocycles. The Kier molecular flexibility index (Phi) is 32.4. The van der Waals surface area contributed by atoms with Gasteiger partial charge in [-0.2, -0.15) is 0 Å². The van der Waals surface area contributed by atoms with E-state index in [1.807, 2.05) is 34.6 Å². The van der Waals surface area contributed by atoms with Crippen molar-refractivity contribution in [2.24, 2.45) is 4.99 Å². The average molecular weight is 169 g/mol. The van der Waals surface area contributed by atoms with Gasteiger partial charge in [-0.25, -0.2) is 0 Å². The highest BCUT2D eigenvalue weighted by Gasteiger charge is 1.81. The van der Waals surface area contributed by atoms with Crippen LogP contribution in [0.1, 0.15) is 41.0 Å². The molecule has 0 aliphatic rings. The quantitative estimate of drug-likeness (QED) is 0.561. The molecule has 72 valence electrons. The Morgan fingerprint density at radius 1 is 1.17 bits per heavy atom. The van der Waals surface area contributed by atoms with E-state index in [9.17, 15) is 0 Å². The summed E-state index contributed by atoms with van der Waals surface area (Å²) < 4.78 is 0. The van der Waals surface area contributed by atoms with Crippen LogP contribution in [0.4, 0.5) is 0 Å². The molecule has 0 atom stereocenters. The summed E-state index contributed by atoms with van der Waals surface area (Å²) in [6.45, 7) is 17.1. The van der Waals surface area contributed by atoms with Crippen molar-refractivity contribution in [1.29, 1.82) is 0 Å². The average Bonchev–Trinajstić information content (AvgIpc) is 2.20. The molecule has 1 nitrogen and oxygen atoms in total. The standard InChI is InChI=1S/C7H11N.2C2H6/c1-4-7(5-2)8-6-3;2*1-2/h4,6H,1,3,5H2,2H3;2*1-2H3. The molecule has 0 aliphatic heterocycles. The zero-order valence-corrected chi connectivity index (χ0v) is 9.22. The minimum Gasteiger partial charge on any atom is -0.262 e. The molecule has 0 amide bonds. The number of hydrogen-bond donors (Lipinski definition) is 0. The maximum Gasteiger partial charge on any atom is 0.0394 e. The molecule has 0 aliphatic carbocycles. The number of allylic oxidation sites excluding steroid dienone is 1. The van der Waals surface area contributed by atoms with Crippen LogP contribution < -0.4 is 0 Å². The van der Waals surface area contributed by atoms with Crippen molar-refractivity contribution in [2.45, 2.75) is 41.0 Å². The van der Waals surface area contributed by atoms with Crippen molar-refractivity contribution in [1.82, 2.24) is 0 Å². The van der Waals surface area contributed by atoms with Gasteiger partial charge in [0, 0.05) is 11.9 Å². The van der Waals surface area contributed by atoms with Gasteiger partial charge in [0.2, 0.25) is 0 Å². The summed E-state index contributed by atoms with van der Waals surface area (Å²) in [5.41, 5.74) is 0.986. The van der Waals surface area contributed by atoms with E-state index < -0.39 is 0 Å². The van der Waals surface area contributed by atoms with Crippen LogP contribution in [0.25, 0.3) is 0 Å². The highest BCUT2D eigenvalue weighted by molar-refractivity contribution is 5.94. The fourth-order valence-electron chi connectivity index (χ4n) is 0.406. The van der Waals surface area contributed by atoms with Crippen LogP contribution >= 0.6 is 0 Å². The minimum atomic E-state index is 0.926. The summed E-state index contributed by atoms with van der Waals surface area (Å²) in [7, 11) is 0. The highest BCUT2D eigenvalue weighted by Crippen LogP contribution is 1.86. The molecule has 1 heteroatoms. The van der Waals surface area contributed by atoms with Crippen molar-refractivity contribution < 1.29 is 0 Å². The molecule has 0 saturated carbocycles. The third-order valence-electron chi connectivity index (χ3n) is 0.855. The van der Waals surface area contributed by atoms with Crippen molar-refractivity contribution in [3.8, 4) is 0 Å². The molecule has 0 unspecified atom stereocenters. The van der Waals surface area contributed by atoms with Gasteiger partial charge >= 0.3 is 0 Å². The lowest BCUT2D eigenvalue weighted by molar-refractivity contribution is 1.28. The zero-order chi connectivity index (χ0) is 10.4. The van der Waals surface area contributed by atoms with Gasteiger partial charge in [-0.1, -0.05) is 47.8 Å². The second-order valence-corrected chi connectivity index (χ2v) is 1.36. The van der Waals surface area contributed by atoms with E-state index in [2.05, 4.69) is 18.2 Å². The first-order chi connectivity index (χ1) is 5.85. The Bertz CT molecular complexity index is 112. The van der Waals surface area contributed by atoms with Crippen LogP contribution in [-0.2, 0) is 0 Å². The zero-order valence-electron chi connectivity index (χ0n) is 9.22. The van der Waals surface area contributed by atoms with Crippen LogP contribution in [0.5, 0.6) is 0 Å². The molecule has 0 aromatic carbocycles. The van der Waals surface area contributed by atoms with Crippen molar-refractivity contribution in [3.05, 3.63) is 25.4 Å². The molecule has 0 bridgehead atoms. The topological polar surface area (TPSA) is 12.4 Å². The van der Waals surface area contributed by atoms with Gasteiger partial charge < -0.3 is 0 Å². The molecule has 0 saturated heterocycles. The number of rotatable bonds is 3. The van der Waals surface area contributed by atoms with Crippen LogP contribution in [0.3, 0.4) is 0 Å².